The number of hydrogen-bond donors (Lipinski definition) is 1. The number of fused-ring (bicyclic) bond motifs is 1. The molecule has 2 aliphatic heterocycles. The van der Waals surface area contributed by atoms with Crippen molar-refractivity contribution >= 4 is 5.96 Å². The summed E-state index contributed by atoms with van der Waals surface area (Å²) in [4.78, 5) is 7.14. The number of nitrogens with zero attached hydrogens (tertiary/aromatic N) is 2. The van der Waals surface area contributed by atoms with Gasteiger partial charge in [-0.15, -0.1) is 0 Å². The van der Waals surface area contributed by atoms with Crippen LogP contribution in [0, 0.1) is 0 Å². The molecule has 2 heterocycles. The van der Waals surface area contributed by atoms with Crippen LogP contribution in [0.5, 0.6) is 0 Å². The Morgan fingerprint density at radius 3 is 2.79 bits per heavy atom. The van der Waals surface area contributed by atoms with Crippen molar-refractivity contribution in [2.75, 3.05) is 0 Å². The van der Waals surface area contributed by atoms with Gasteiger partial charge in [-0.3, -0.25) is 0 Å². The highest BCUT2D eigenvalue weighted by molar-refractivity contribution is 5.80. The number of rotatable bonds is 3. The van der Waals surface area contributed by atoms with Crippen LogP contribution in [0.4, 0.5) is 0 Å². The fourth-order valence-corrected chi connectivity index (χ4v) is 3.61. The number of aliphatic imine (C=N–C) groups is 1. The second-order valence-electron chi connectivity index (χ2n) is 5.73. The first kappa shape index (κ1) is 12.5. The average Bonchev–Trinajstić information content (AvgIpc) is 2.84. The Morgan fingerprint density at radius 1 is 1.26 bits per heavy atom. The van der Waals surface area contributed by atoms with Crippen LogP contribution in [-0.2, 0) is 0 Å². The summed E-state index contributed by atoms with van der Waals surface area (Å²) in [6.45, 7) is 2.25. The summed E-state index contributed by atoms with van der Waals surface area (Å²) in [5, 5.41) is 0. The first-order valence-corrected chi connectivity index (χ1v) is 7.46. The lowest BCUT2D eigenvalue weighted by Crippen LogP contribution is -2.48. The normalized spacial score (nSPS) is 30.1. The van der Waals surface area contributed by atoms with Crippen LogP contribution in [-0.4, -0.2) is 22.9 Å². The molecular weight excluding hydrogens is 234 g/mol. The zero-order valence-corrected chi connectivity index (χ0v) is 11.6. The zero-order valence-electron chi connectivity index (χ0n) is 11.6. The zero-order chi connectivity index (χ0) is 13.2. The van der Waals surface area contributed by atoms with Crippen LogP contribution < -0.4 is 5.73 Å². The first-order valence-electron chi connectivity index (χ1n) is 7.46. The Morgan fingerprint density at radius 2 is 2.05 bits per heavy atom. The van der Waals surface area contributed by atoms with Crippen LogP contribution >= 0.6 is 0 Å². The molecule has 102 valence electrons. The molecule has 0 bridgehead atoms. The van der Waals surface area contributed by atoms with Gasteiger partial charge in [0.15, 0.2) is 5.96 Å². The van der Waals surface area contributed by atoms with Crippen molar-refractivity contribution in [2.24, 2.45) is 10.7 Å². The third-order valence-corrected chi connectivity index (χ3v) is 4.47. The van der Waals surface area contributed by atoms with E-state index < -0.39 is 0 Å². The Hall–Kier alpha value is -1.51. The van der Waals surface area contributed by atoms with Gasteiger partial charge in [-0.2, -0.15) is 0 Å². The van der Waals surface area contributed by atoms with Crippen LogP contribution in [0.3, 0.4) is 0 Å². The highest BCUT2D eigenvalue weighted by atomic mass is 15.3. The minimum atomic E-state index is 0.253. The van der Waals surface area contributed by atoms with Crippen molar-refractivity contribution in [1.82, 2.24) is 4.90 Å². The van der Waals surface area contributed by atoms with Gasteiger partial charge >= 0.3 is 0 Å². The third-order valence-electron chi connectivity index (χ3n) is 4.47. The lowest BCUT2D eigenvalue weighted by Gasteiger charge is -2.37. The van der Waals surface area contributed by atoms with Crippen molar-refractivity contribution < 1.29 is 0 Å². The summed E-state index contributed by atoms with van der Waals surface area (Å²) in [6, 6.07) is 12.0. The molecular formula is C16H23N3. The molecule has 3 heteroatoms. The highest BCUT2D eigenvalue weighted by Gasteiger charge is 2.38. The summed E-state index contributed by atoms with van der Waals surface area (Å²) >= 11 is 0. The summed E-state index contributed by atoms with van der Waals surface area (Å²) in [5.41, 5.74) is 7.54. The first-order chi connectivity index (χ1) is 9.29. The number of benzene rings is 1. The lowest BCUT2D eigenvalue weighted by molar-refractivity contribution is 0.255. The molecule has 0 unspecified atom stereocenters. The maximum absolute atomic E-state index is 6.24. The van der Waals surface area contributed by atoms with E-state index in [1.165, 1.54) is 31.2 Å². The van der Waals surface area contributed by atoms with Gasteiger partial charge in [0.2, 0.25) is 0 Å². The van der Waals surface area contributed by atoms with Crippen molar-refractivity contribution in [1.29, 1.82) is 0 Å². The van der Waals surface area contributed by atoms with Gasteiger partial charge in [0.25, 0.3) is 0 Å². The highest BCUT2D eigenvalue weighted by Crippen LogP contribution is 2.37. The van der Waals surface area contributed by atoms with E-state index in [1.54, 1.807) is 0 Å². The van der Waals surface area contributed by atoms with Gasteiger partial charge in [0.05, 0.1) is 6.04 Å². The van der Waals surface area contributed by atoms with Crippen LogP contribution in [0.1, 0.15) is 50.6 Å². The average molecular weight is 257 g/mol. The maximum atomic E-state index is 6.24. The number of guanidine groups is 1. The molecule has 1 saturated heterocycles. The Kier molecular flexibility index (Phi) is 3.45. The monoisotopic (exact) mass is 257 g/mol. The van der Waals surface area contributed by atoms with E-state index >= 15 is 0 Å². The van der Waals surface area contributed by atoms with E-state index in [9.17, 15) is 0 Å². The summed E-state index contributed by atoms with van der Waals surface area (Å²) < 4.78 is 0. The van der Waals surface area contributed by atoms with Crippen LogP contribution in [0.2, 0.25) is 0 Å². The van der Waals surface area contributed by atoms with Crippen molar-refractivity contribution in [2.45, 2.75) is 57.2 Å². The predicted octanol–water partition coefficient (Wildman–Crippen LogP) is 3.08. The smallest absolute Gasteiger partial charge is 0.192 e. The third kappa shape index (κ3) is 2.34. The molecule has 0 radical (unpaired) electrons. The van der Waals surface area contributed by atoms with E-state index in [0.29, 0.717) is 12.1 Å². The second-order valence-corrected chi connectivity index (χ2v) is 5.73. The molecule has 2 N–H and O–H groups in total. The van der Waals surface area contributed by atoms with E-state index in [-0.39, 0.29) is 6.04 Å². The van der Waals surface area contributed by atoms with Gasteiger partial charge < -0.3 is 10.6 Å². The fraction of sp³-hybridized carbons (Fsp3) is 0.562. The van der Waals surface area contributed by atoms with Gasteiger partial charge in [-0.25, -0.2) is 4.99 Å². The molecule has 1 fully saturated rings. The maximum Gasteiger partial charge on any atom is 0.192 e. The van der Waals surface area contributed by atoms with E-state index in [1.807, 2.05) is 0 Å². The largest absolute Gasteiger partial charge is 0.370 e. The molecule has 1 aromatic rings. The fourth-order valence-electron chi connectivity index (χ4n) is 3.61. The topological polar surface area (TPSA) is 41.6 Å². The van der Waals surface area contributed by atoms with Gasteiger partial charge in [0, 0.05) is 12.1 Å². The number of hydrogen-bond acceptors (Lipinski definition) is 3. The minimum absolute atomic E-state index is 0.253. The van der Waals surface area contributed by atoms with Gasteiger partial charge in [0.1, 0.15) is 0 Å². The second kappa shape index (κ2) is 5.24. The van der Waals surface area contributed by atoms with Gasteiger partial charge in [-0.05, 0) is 31.2 Å². The Bertz CT molecular complexity index is 454. The SMILES string of the molecule is CCC[C@H]1CC[C@@H]2C[C@H](c3ccccc3)N=C(N)N12. The molecule has 3 nitrogen and oxygen atoms in total. The molecule has 0 amide bonds. The molecule has 2 aliphatic rings. The molecule has 3 rings (SSSR count). The summed E-state index contributed by atoms with van der Waals surface area (Å²) in [5.74, 6) is 0.765. The van der Waals surface area contributed by atoms with Crippen molar-refractivity contribution in [3.05, 3.63) is 35.9 Å². The quantitative estimate of drug-likeness (QED) is 0.904. The summed E-state index contributed by atoms with van der Waals surface area (Å²) in [7, 11) is 0. The number of nitrogens with two attached hydrogens (primary N) is 1. The molecule has 0 saturated carbocycles. The van der Waals surface area contributed by atoms with E-state index in [4.69, 9.17) is 10.7 Å². The Balaban J connectivity index is 1.82. The summed E-state index contributed by atoms with van der Waals surface area (Å²) in [6.07, 6.45) is 6.12. The van der Waals surface area contributed by atoms with Crippen molar-refractivity contribution in [3.8, 4) is 0 Å². The molecule has 0 spiro atoms. The molecule has 0 aliphatic carbocycles. The molecule has 19 heavy (non-hydrogen) atoms. The van der Waals surface area contributed by atoms with Crippen molar-refractivity contribution in [3.63, 3.8) is 0 Å². The van der Waals surface area contributed by atoms with Gasteiger partial charge in [-0.1, -0.05) is 43.7 Å². The van der Waals surface area contributed by atoms with Crippen LogP contribution in [0.25, 0.3) is 0 Å². The molecule has 0 aromatic heterocycles. The standard InChI is InChI=1S/C16H23N3/c1-2-6-13-9-10-14-11-15(18-16(17)19(13)14)12-7-4-3-5-8-12/h3-5,7-8,13-15H,2,6,9-11H2,1H3,(H2,17,18)/t13-,14+,15+/m0/s1. The predicted molar refractivity (Wildman–Crippen MR) is 79.0 cm³/mol. The lowest BCUT2D eigenvalue weighted by atomic mass is 9.97. The Labute approximate surface area is 115 Å². The molecule has 3 atom stereocenters. The van der Waals surface area contributed by atoms with E-state index in [2.05, 4.69) is 42.2 Å². The molecule has 1 aromatic carbocycles. The van der Waals surface area contributed by atoms with E-state index in [0.717, 1.165) is 12.4 Å². The van der Waals surface area contributed by atoms with Crippen LogP contribution in [0.15, 0.2) is 35.3 Å². The minimum Gasteiger partial charge on any atom is -0.370 e.